The first-order chi connectivity index (χ1) is 18.1. The molecule has 2 fully saturated rings. The first kappa shape index (κ1) is 26.7. The highest BCUT2D eigenvalue weighted by atomic mass is 16.5. The zero-order chi connectivity index (χ0) is 27.0. The molecule has 2 saturated heterocycles. The molecule has 4 heterocycles. The van der Waals surface area contributed by atoms with E-state index in [1.807, 2.05) is 56.0 Å². The van der Waals surface area contributed by atoms with Crippen molar-refractivity contribution in [1.82, 2.24) is 20.1 Å². The predicted molar refractivity (Wildman–Crippen MR) is 150 cm³/mol. The fourth-order valence-electron chi connectivity index (χ4n) is 6.07. The molecule has 8 heteroatoms. The SMILES string of the molecule is CC(C)=CNc1ccc(-c2cc(C3COCCN3)c3c(c2C)CCN(C(=O)N2CC(O)CC2(C)C)C3)cn1. The third-order valence-corrected chi connectivity index (χ3v) is 8.09. The number of aliphatic hydroxyl groups is 1. The lowest BCUT2D eigenvalue weighted by atomic mass is 9.83. The Hall–Kier alpha value is -2.94. The smallest absolute Gasteiger partial charge is 0.320 e. The van der Waals surface area contributed by atoms with Crippen LogP contribution in [0.15, 0.2) is 36.2 Å². The molecule has 2 amide bonds. The van der Waals surface area contributed by atoms with Crippen LogP contribution in [0.3, 0.4) is 0 Å². The number of β-amino-alcohol motifs (C(OH)–C–C–N with tert-alkyl or cyclic N) is 1. The second-order valence-corrected chi connectivity index (χ2v) is 11.7. The van der Waals surface area contributed by atoms with Crippen molar-refractivity contribution in [2.24, 2.45) is 0 Å². The van der Waals surface area contributed by atoms with E-state index in [9.17, 15) is 9.90 Å². The second kappa shape index (κ2) is 10.7. The van der Waals surface area contributed by atoms with Crippen LogP contribution in [0.1, 0.15) is 62.4 Å². The molecule has 2 atom stereocenters. The van der Waals surface area contributed by atoms with Crippen molar-refractivity contribution >= 4 is 11.8 Å². The summed E-state index contributed by atoms with van der Waals surface area (Å²) in [7, 11) is 0. The maximum Gasteiger partial charge on any atom is 0.320 e. The molecular weight excluding hydrogens is 478 g/mol. The van der Waals surface area contributed by atoms with Crippen molar-refractivity contribution in [2.45, 2.75) is 71.7 Å². The summed E-state index contributed by atoms with van der Waals surface area (Å²) in [5.41, 5.74) is 8.08. The number of carbonyl (C=O) groups is 1. The predicted octanol–water partition coefficient (Wildman–Crippen LogP) is 4.38. The number of amides is 2. The fraction of sp³-hybridized carbons (Fsp3) is 0.533. The van der Waals surface area contributed by atoms with Crippen molar-refractivity contribution < 1.29 is 14.6 Å². The lowest BCUT2D eigenvalue weighted by Crippen LogP contribution is -2.51. The number of ether oxygens (including phenoxy) is 1. The van der Waals surface area contributed by atoms with Gasteiger partial charge in [-0.15, -0.1) is 0 Å². The number of hydrogen-bond acceptors (Lipinski definition) is 6. The van der Waals surface area contributed by atoms with Crippen LogP contribution in [-0.2, 0) is 17.7 Å². The lowest BCUT2D eigenvalue weighted by molar-refractivity contribution is 0.0760. The summed E-state index contributed by atoms with van der Waals surface area (Å²) < 4.78 is 5.85. The van der Waals surface area contributed by atoms with E-state index in [1.165, 1.54) is 33.4 Å². The van der Waals surface area contributed by atoms with Gasteiger partial charge in [0, 0.05) is 49.7 Å². The van der Waals surface area contributed by atoms with Gasteiger partial charge in [-0.05, 0) is 93.5 Å². The van der Waals surface area contributed by atoms with Crippen LogP contribution in [0.5, 0.6) is 0 Å². The van der Waals surface area contributed by atoms with Gasteiger partial charge in [-0.2, -0.15) is 0 Å². The Balaban J connectivity index is 1.49. The summed E-state index contributed by atoms with van der Waals surface area (Å²) >= 11 is 0. The number of carbonyl (C=O) groups excluding carboxylic acids is 1. The number of benzene rings is 1. The second-order valence-electron chi connectivity index (χ2n) is 11.7. The van der Waals surface area contributed by atoms with Crippen molar-refractivity contribution in [2.75, 3.05) is 38.2 Å². The summed E-state index contributed by atoms with van der Waals surface area (Å²) in [6.45, 7) is 14.1. The largest absolute Gasteiger partial charge is 0.391 e. The number of hydrogen-bond donors (Lipinski definition) is 3. The van der Waals surface area contributed by atoms with Crippen LogP contribution in [-0.4, -0.2) is 70.4 Å². The van der Waals surface area contributed by atoms with Gasteiger partial charge in [0.05, 0.1) is 25.4 Å². The van der Waals surface area contributed by atoms with E-state index in [-0.39, 0.29) is 17.6 Å². The van der Waals surface area contributed by atoms with Crippen LogP contribution in [0.25, 0.3) is 11.1 Å². The van der Waals surface area contributed by atoms with E-state index in [4.69, 9.17) is 4.74 Å². The lowest BCUT2D eigenvalue weighted by Gasteiger charge is -2.40. The topological polar surface area (TPSA) is 90.0 Å². The first-order valence-electron chi connectivity index (χ1n) is 13.7. The minimum Gasteiger partial charge on any atom is -0.391 e. The molecule has 0 spiro atoms. The Kier molecular flexibility index (Phi) is 7.49. The molecule has 204 valence electrons. The molecule has 3 aliphatic heterocycles. The van der Waals surface area contributed by atoms with Gasteiger partial charge in [0.1, 0.15) is 5.82 Å². The zero-order valence-corrected chi connectivity index (χ0v) is 23.3. The quantitative estimate of drug-likeness (QED) is 0.556. The monoisotopic (exact) mass is 519 g/mol. The Morgan fingerprint density at radius 1 is 1.29 bits per heavy atom. The fourth-order valence-corrected chi connectivity index (χ4v) is 6.07. The number of morpholine rings is 1. The Bertz CT molecular complexity index is 1210. The van der Waals surface area contributed by atoms with E-state index in [2.05, 4.69) is 34.7 Å². The molecule has 0 bridgehead atoms. The van der Waals surface area contributed by atoms with Crippen molar-refractivity contribution in [3.05, 3.63) is 58.4 Å². The van der Waals surface area contributed by atoms with Crippen LogP contribution < -0.4 is 10.6 Å². The molecule has 2 aromatic rings. The van der Waals surface area contributed by atoms with Crippen molar-refractivity contribution in [3.63, 3.8) is 0 Å². The number of aliphatic hydroxyl groups excluding tert-OH is 1. The van der Waals surface area contributed by atoms with E-state index in [1.54, 1.807) is 0 Å². The van der Waals surface area contributed by atoms with E-state index >= 15 is 0 Å². The van der Waals surface area contributed by atoms with Crippen LogP contribution >= 0.6 is 0 Å². The van der Waals surface area contributed by atoms with Gasteiger partial charge < -0.3 is 30.3 Å². The zero-order valence-electron chi connectivity index (χ0n) is 23.3. The summed E-state index contributed by atoms with van der Waals surface area (Å²) in [5, 5.41) is 17.1. The van der Waals surface area contributed by atoms with E-state index in [0.717, 1.165) is 24.3 Å². The number of pyridine rings is 1. The number of rotatable bonds is 4. The molecule has 0 radical (unpaired) electrons. The number of likely N-dealkylation sites (tertiary alicyclic amines) is 1. The average Bonchev–Trinajstić information content (AvgIpc) is 3.19. The number of fused-ring (bicyclic) bond motifs is 1. The molecular formula is C30H41N5O3. The normalized spacial score (nSPS) is 22.7. The standard InChI is InChI=1S/C30H41N5O3/c1-19(2)14-32-28-7-6-21(15-33-28)24-12-25(27-18-38-11-9-31-27)26-17-34(10-8-23(26)20(24)3)29(37)35-16-22(36)13-30(35,4)5/h6-7,12,14-15,22,27,31,36H,8-11,13,16-18H2,1-5H3,(H,32,33). The van der Waals surface area contributed by atoms with Crippen LogP contribution in [0.4, 0.5) is 10.6 Å². The highest BCUT2D eigenvalue weighted by Crippen LogP contribution is 2.38. The average molecular weight is 520 g/mol. The van der Waals surface area contributed by atoms with Crippen LogP contribution in [0, 0.1) is 6.92 Å². The maximum atomic E-state index is 13.6. The number of allylic oxidation sites excluding steroid dienone is 1. The molecule has 0 aliphatic carbocycles. The van der Waals surface area contributed by atoms with E-state index in [0.29, 0.717) is 39.3 Å². The molecule has 8 nitrogen and oxygen atoms in total. The first-order valence-corrected chi connectivity index (χ1v) is 13.7. The van der Waals surface area contributed by atoms with Gasteiger partial charge in [-0.1, -0.05) is 5.57 Å². The summed E-state index contributed by atoms with van der Waals surface area (Å²) in [6.07, 6.45) is 4.83. The minimum absolute atomic E-state index is 0.0152. The van der Waals surface area contributed by atoms with Gasteiger partial charge in [-0.25, -0.2) is 9.78 Å². The van der Waals surface area contributed by atoms with E-state index < -0.39 is 6.10 Å². The third kappa shape index (κ3) is 5.30. The highest BCUT2D eigenvalue weighted by Gasteiger charge is 2.43. The maximum absolute atomic E-state index is 13.6. The molecule has 5 rings (SSSR count). The molecule has 38 heavy (non-hydrogen) atoms. The molecule has 3 N–H and O–H groups in total. The Labute approximate surface area is 226 Å². The van der Waals surface area contributed by atoms with Crippen molar-refractivity contribution in [3.8, 4) is 11.1 Å². The van der Waals surface area contributed by atoms with Gasteiger partial charge in [0.2, 0.25) is 0 Å². The molecule has 0 saturated carbocycles. The molecule has 1 aromatic carbocycles. The van der Waals surface area contributed by atoms with Crippen LogP contribution in [0.2, 0.25) is 0 Å². The number of aromatic nitrogens is 1. The minimum atomic E-state index is -0.466. The number of anilines is 1. The summed E-state index contributed by atoms with van der Waals surface area (Å²) in [6, 6.07) is 6.50. The summed E-state index contributed by atoms with van der Waals surface area (Å²) in [4.78, 5) is 22.1. The molecule has 3 aliphatic rings. The van der Waals surface area contributed by atoms with Crippen molar-refractivity contribution in [1.29, 1.82) is 0 Å². The molecule has 1 aromatic heterocycles. The van der Waals surface area contributed by atoms with Gasteiger partial charge >= 0.3 is 6.03 Å². The van der Waals surface area contributed by atoms with Gasteiger partial charge in [0.25, 0.3) is 0 Å². The van der Waals surface area contributed by atoms with Gasteiger partial charge in [0.15, 0.2) is 0 Å². The number of nitrogens with zero attached hydrogens (tertiary/aromatic N) is 3. The molecule has 2 unspecified atom stereocenters. The summed E-state index contributed by atoms with van der Waals surface area (Å²) in [5.74, 6) is 0.817. The number of nitrogens with one attached hydrogen (secondary N) is 2. The third-order valence-electron chi connectivity index (χ3n) is 8.09. The van der Waals surface area contributed by atoms with Gasteiger partial charge in [-0.3, -0.25) is 0 Å². The Morgan fingerprint density at radius 3 is 2.74 bits per heavy atom. The number of urea groups is 1. The highest BCUT2D eigenvalue weighted by molar-refractivity contribution is 5.77. The Morgan fingerprint density at radius 2 is 2.11 bits per heavy atom.